The molecule has 16 heteroatoms. The highest BCUT2D eigenvalue weighted by molar-refractivity contribution is 5.76. The lowest BCUT2D eigenvalue weighted by Gasteiger charge is -2.37. The van der Waals surface area contributed by atoms with Gasteiger partial charge in [-0.05, 0) is 32.2 Å². The molecule has 0 saturated carbocycles. The van der Waals surface area contributed by atoms with Crippen LogP contribution in [-0.2, 0) is 57.2 Å². The number of unbranched alkanes of at least 4 members (excludes halogenated alkanes) is 20. The first-order chi connectivity index (χ1) is 35.9. The summed E-state index contributed by atoms with van der Waals surface area (Å²) in [5.41, 5.74) is 0. The van der Waals surface area contributed by atoms with E-state index in [9.17, 15) is 33.6 Å². The number of carbonyl (C=O) groups excluding carboxylic acids is 7. The third kappa shape index (κ3) is 32.5. The molecule has 74 heavy (non-hydrogen) atoms. The van der Waals surface area contributed by atoms with Crippen LogP contribution in [0.15, 0.2) is 0 Å². The molecular formula is C58H103N3O13. The molecule has 0 unspecified atom stereocenters. The van der Waals surface area contributed by atoms with Crippen LogP contribution in [0.1, 0.15) is 234 Å². The molecule has 2 atom stereocenters. The van der Waals surface area contributed by atoms with Crippen molar-refractivity contribution in [2.24, 2.45) is 11.8 Å². The third-order valence-corrected chi connectivity index (χ3v) is 14.2. The lowest BCUT2D eigenvalue weighted by atomic mass is 10.1. The lowest BCUT2D eigenvalue weighted by Crippen LogP contribution is -2.54. The fourth-order valence-corrected chi connectivity index (χ4v) is 9.40. The monoisotopic (exact) mass is 1050 g/mol. The molecule has 0 radical (unpaired) electrons. The number of likely N-dealkylation sites (N-methyl/N-ethyl adjacent to an activating group) is 1. The van der Waals surface area contributed by atoms with E-state index in [4.69, 9.17) is 28.4 Å². The van der Waals surface area contributed by atoms with Crippen LogP contribution >= 0.6 is 0 Å². The molecule has 0 N–H and O–H groups in total. The number of hydrogen-bond acceptors (Lipinski definition) is 14. The number of rotatable bonds is 44. The fraction of sp³-hybridized carbons (Fsp3) is 0.879. The van der Waals surface area contributed by atoms with Crippen LogP contribution in [0.3, 0.4) is 0 Å². The van der Waals surface area contributed by atoms with Crippen molar-refractivity contribution in [3.63, 3.8) is 0 Å². The Bertz CT molecular complexity index is 1480. The number of hydrogen-bond donors (Lipinski definition) is 0. The van der Waals surface area contributed by atoms with Crippen LogP contribution in [-0.4, -0.2) is 141 Å². The number of ether oxygens (including phenoxy) is 6. The molecule has 2 aliphatic rings. The predicted molar refractivity (Wildman–Crippen MR) is 287 cm³/mol. The first kappa shape index (κ1) is 66.2. The summed E-state index contributed by atoms with van der Waals surface area (Å²) in [6.45, 7) is 13.6. The van der Waals surface area contributed by atoms with Gasteiger partial charge >= 0.3 is 41.8 Å². The minimum atomic E-state index is -0.719. The highest BCUT2D eigenvalue weighted by Gasteiger charge is 2.41. The average Bonchev–Trinajstić information content (AvgIpc) is 3.80. The molecule has 428 valence electrons. The van der Waals surface area contributed by atoms with Gasteiger partial charge in [0.2, 0.25) is 0 Å². The number of likely N-dealkylation sites (tertiary alicyclic amines) is 1. The second-order valence-corrected chi connectivity index (χ2v) is 21.0. The van der Waals surface area contributed by atoms with Crippen molar-refractivity contribution in [1.29, 1.82) is 0 Å². The summed E-state index contributed by atoms with van der Waals surface area (Å²) in [4.78, 5) is 98.1. The molecule has 0 aromatic heterocycles. The number of piperazine rings is 1. The quantitative estimate of drug-likeness (QED) is 0.0319. The zero-order valence-electron chi connectivity index (χ0n) is 47.2. The van der Waals surface area contributed by atoms with E-state index in [1.807, 2.05) is 0 Å². The van der Waals surface area contributed by atoms with Crippen molar-refractivity contribution in [2.75, 3.05) is 72.3 Å². The fourth-order valence-electron chi connectivity index (χ4n) is 9.40. The Morgan fingerprint density at radius 2 is 0.770 bits per heavy atom. The van der Waals surface area contributed by atoms with Gasteiger partial charge in [-0.25, -0.2) is 4.79 Å². The Kier molecular flexibility index (Phi) is 38.6. The van der Waals surface area contributed by atoms with Crippen molar-refractivity contribution in [3.8, 4) is 0 Å². The number of urea groups is 1. The third-order valence-electron chi connectivity index (χ3n) is 14.2. The van der Waals surface area contributed by atoms with Crippen molar-refractivity contribution >= 4 is 41.8 Å². The molecule has 2 saturated heterocycles. The summed E-state index contributed by atoms with van der Waals surface area (Å²) in [5.74, 6) is -3.89. The SMILES string of the molecule is CCCCCCCCC(=O)OCC(COC(=O)CCCCCCCC)CC(=O)OC[C@@H]1C[C@H](OC(=O)CC(COC(=O)CCCCCCCC)COC(=O)CCCCCCCC)CN1C(=O)N1CCN(CC)CC1. The van der Waals surface area contributed by atoms with Gasteiger partial charge in [0.15, 0.2) is 0 Å². The van der Waals surface area contributed by atoms with E-state index in [1.165, 1.54) is 25.7 Å². The van der Waals surface area contributed by atoms with Crippen molar-refractivity contribution in [1.82, 2.24) is 14.7 Å². The number of esters is 6. The Balaban J connectivity index is 2.13. The minimum Gasteiger partial charge on any atom is -0.465 e. The lowest BCUT2D eigenvalue weighted by molar-refractivity contribution is -0.157. The van der Waals surface area contributed by atoms with Crippen LogP contribution in [0.5, 0.6) is 0 Å². The Morgan fingerprint density at radius 1 is 0.419 bits per heavy atom. The van der Waals surface area contributed by atoms with Gasteiger partial charge in [-0.1, -0.05) is 163 Å². The standard InChI is InChI=1S/C58H103N3O13/c1-6-11-15-19-23-27-31-52(62)69-43-48(44-70-53(63)32-28-24-20-16-12-7-2)39-56(66)73-47-50-41-51(42-61(50)58(68)60-37-35-59(10-5)36-38-60)74-57(67)40-49(45-71-54(64)33-29-25-21-17-13-8-3)46-72-55(65)34-30-26-22-18-14-9-4/h48-51H,6-47H2,1-5H3/t50-,51-/m0/s1. The maximum absolute atomic E-state index is 14.2. The zero-order chi connectivity index (χ0) is 54.0. The maximum atomic E-state index is 14.2. The smallest absolute Gasteiger partial charge is 0.320 e. The highest BCUT2D eigenvalue weighted by atomic mass is 16.6. The van der Waals surface area contributed by atoms with E-state index in [0.717, 1.165) is 122 Å². The van der Waals surface area contributed by atoms with Crippen LogP contribution < -0.4 is 0 Å². The first-order valence-corrected chi connectivity index (χ1v) is 29.7. The topological polar surface area (TPSA) is 185 Å². The normalized spacial score (nSPS) is 15.9. The summed E-state index contributed by atoms with van der Waals surface area (Å²) in [7, 11) is 0. The van der Waals surface area contributed by atoms with E-state index in [0.29, 0.717) is 38.8 Å². The zero-order valence-corrected chi connectivity index (χ0v) is 47.2. The van der Waals surface area contributed by atoms with Gasteiger partial charge in [0.1, 0.15) is 12.7 Å². The molecule has 16 nitrogen and oxygen atoms in total. The van der Waals surface area contributed by atoms with Gasteiger partial charge in [-0.15, -0.1) is 0 Å². The van der Waals surface area contributed by atoms with Crippen LogP contribution in [0.4, 0.5) is 4.79 Å². The summed E-state index contributed by atoms with van der Waals surface area (Å²) in [6, 6.07) is -0.848. The van der Waals surface area contributed by atoms with Gasteiger partial charge in [0, 0.05) is 70.1 Å². The minimum absolute atomic E-state index is 0.0810. The first-order valence-electron chi connectivity index (χ1n) is 29.7. The second-order valence-electron chi connectivity index (χ2n) is 21.0. The molecule has 2 amide bonds. The average molecular weight is 1050 g/mol. The van der Waals surface area contributed by atoms with Gasteiger partial charge in [-0.3, -0.25) is 28.8 Å². The van der Waals surface area contributed by atoms with Gasteiger partial charge < -0.3 is 43.1 Å². The molecule has 0 aliphatic carbocycles. The molecule has 0 spiro atoms. The van der Waals surface area contributed by atoms with Crippen LogP contribution in [0, 0.1) is 11.8 Å². The highest BCUT2D eigenvalue weighted by Crippen LogP contribution is 2.25. The molecule has 0 bridgehead atoms. The molecule has 2 rings (SSSR count). The van der Waals surface area contributed by atoms with Gasteiger partial charge in [0.25, 0.3) is 0 Å². The van der Waals surface area contributed by atoms with Gasteiger partial charge in [-0.2, -0.15) is 0 Å². The van der Waals surface area contributed by atoms with E-state index in [2.05, 4.69) is 39.5 Å². The van der Waals surface area contributed by atoms with Crippen molar-refractivity contribution < 1.29 is 62.0 Å². The van der Waals surface area contributed by atoms with Crippen molar-refractivity contribution in [3.05, 3.63) is 0 Å². The summed E-state index contributed by atoms with van der Waals surface area (Å²) in [5, 5.41) is 0. The molecule has 0 aromatic carbocycles. The van der Waals surface area contributed by atoms with Crippen LogP contribution in [0.25, 0.3) is 0 Å². The summed E-state index contributed by atoms with van der Waals surface area (Å²) >= 11 is 0. The maximum Gasteiger partial charge on any atom is 0.320 e. The Hall–Kier alpha value is -3.95. The van der Waals surface area contributed by atoms with E-state index in [-0.39, 0.29) is 114 Å². The predicted octanol–water partition coefficient (Wildman–Crippen LogP) is 11.5. The second kappa shape index (κ2) is 43.2. The van der Waals surface area contributed by atoms with Gasteiger partial charge in [0.05, 0.1) is 51.9 Å². The van der Waals surface area contributed by atoms with E-state index in [1.54, 1.807) is 9.80 Å². The Morgan fingerprint density at radius 3 is 1.14 bits per heavy atom. The Labute approximate surface area is 447 Å². The summed E-state index contributed by atoms with van der Waals surface area (Å²) in [6.07, 6.45) is 24.8. The van der Waals surface area contributed by atoms with Crippen molar-refractivity contribution in [2.45, 2.75) is 246 Å². The molecule has 2 heterocycles. The molecule has 0 aromatic rings. The van der Waals surface area contributed by atoms with E-state index >= 15 is 0 Å². The molecule has 2 fully saturated rings. The molecule has 2 aliphatic heterocycles. The molecular weight excluding hydrogens is 947 g/mol. The number of carbonyl (C=O) groups is 7. The largest absolute Gasteiger partial charge is 0.465 e. The summed E-state index contributed by atoms with van der Waals surface area (Å²) < 4.78 is 34.3. The number of amides is 2. The van der Waals surface area contributed by atoms with E-state index < -0.39 is 35.9 Å². The van der Waals surface area contributed by atoms with Crippen LogP contribution in [0.2, 0.25) is 0 Å². The number of nitrogens with zero attached hydrogens (tertiary/aromatic N) is 3.